The molecule has 1 aromatic carbocycles. The number of halogens is 1. The zero-order valence-corrected chi connectivity index (χ0v) is 13.9. The number of nitrogens with two attached hydrogens (primary N) is 1. The van der Waals surface area contributed by atoms with Crippen molar-refractivity contribution in [3.63, 3.8) is 0 Å². The van der Waals surface area contributed by atoms with Crippen LogP contribution < -0.4 is 5.73 Å². The summed E-state index contributed by atoms with van der Waals surface area (Å²) >= 11 is 1.46. The van der Waals surface area contributed by atoms with Gasteiger partial charge in [0.15, 0.2) is 5.17 Å². The average molecular weight is 337 g/mol. The van der Waals surface area contributed by atoms with Crippen LogP contribution in [0.3, 0.4) is 0 Å². The molecule has 0 saturated carbocycles. The second-order valence-electron chi connectivity index (χ2n) is 4.11. The van der Waals surface area contributed by atoms with Gasteiger partial charge in [-0.3, -0.25) is 0 Å². The Morgan fingerprint density at radius 3 is 2.29 bits per heavy atom. The van der Waals surface area contributed by atoms with Crippen molar-refractivity contribution in [1.29, 1.82) is 0 Å². The third-order valence-corrected chi connectivity index (χ3v) is 2.74. The molecule has 3 N–H and O–H groups in total. The third kappa shape index (κ3) is 13.2. The molecule has 0 unspecified atom stereocenters. The summed E-state index contributed by atoms with van der Waals surface area (Å²) in [6.45, 7) is 1.07. The Morgan fingerprint density at radius 2 is 1.90 bits per heavy atom. The molecule has 0 amide bonds. The lowest BCUT2D eigenvalue weighted by atomic mass is 10.1. The quantitative estimate of drug-likeness (QED) is 0.378. The summed E-state index contributed by atoms with van der Waals surface area (Å²) in [6, 6.07) is 8.23. The van der Waals surface area contributed by atoms with E-state index in [4.69, 9.17) is 21.1 Å². The number of thioether (sulfide) groups is 1. The molecule has 0 heterocycles. The Morgan fingerprint density at radius 1 is 1.43 bits per heavy atom. The van der Waals surface area contributed by atoms with Crippen LogP contribution in [0.2, 0.25) is 0 Å². The molecule has 0 radical (unpaired) electrons. The molecule has 0 aromatic heterocycles. The molecule has 0 saturated heterocycles. The molecule has 21 heavy (non-hydrogen) atoms. The van der Waals surface area contributed by atoms with Crippen LogP contribution in [0, 0.1) is 10.1 Å². The summed E-state index contributed by atoms with van der Waals surface area (Å²) in [5, 5.41) is 14.2. The maximum Gasteiger partial charge on any atom is 0.291 e. The molecular weight excluding hydrogens is 316 g/mol. The third-order valence-electron chi connectivity index (χ3n) is 2.23. The highest BCUT2D eigenvalue weighted by molar-refractivity contribution is 8.13. The van der Waals surface area contributed by atoms with Crippen molar-refractivity contribution in [2.75, 3.05) is 26.9 Å². The van der Waals surface area contributed by atoms with Gasteiger partial charge in [0.25, 0.3) is 5.09 Å². The van der Waals surface area contributed by atoms with E-state index >= 15 is 0 Å². The summed E-state index contributed by atoms with van der Waals surface area (Å²) in [7, 11) is 4.16. The number of aliphatic imine (C=N–C) groups is 1. The molecular formula is C12H21ClN4O3S. The minimum Gasteiger partial charge on any atom is -0.378 e. The Balaban J connectivity index is 0. The molecule has 1 rings (SSSR count). The maximum absolute atomic E-state index is 8.36. The van der Waals surface area contributed by atoms with Gasteiger partial charge < -0.3 is 15.8 Å². The summed E-state index contributed by atoms with van der Waals surface area (Å²) in [5.74, 6) is 0. The van der Waals surface area contributed by atoms with Gasteiger partial charge in [-0.1, -0.05) is 23.9 Å². The largest absolute Gasteiger partial charge is 0.378 e. The van der Waals surface area contributed by atoms with E-state index in [2.05, 4.69) is 36.1 Å². The van der Waals surface area contributed by atoms with Crippen LogP contribution in [0.5, 0.6) is 0 Å². The Bertz CT molecular complexity index is 437. The fourth-order valence-corrected chi connectivity index (χ4v) is 1.46. The molecule has 7 nitrogen and oxygen atoms in total. The van der Waals surface area contributed by atoms with Crippen molar-refractivity contribution >= 4 is 35.0 Å². The van der Waals surface area contributed by atoms with Gasteiger partial charge in [-0.2, -0.15) is 0 Å². The highest BCUT2D eigenvalue weighted by Gasteiger charge is 1.96. The van der Waals surface area contributed by atoms with Crippen LogP contribution in [-0.4, -0.2) is 47.3 Å². The zero-order valence-electron chi connectivity index (χ0n) is 12.2. The molecule has 0 aliphatic carbocycles. The predicted octanol–water partition coefficient (Wildman–Crippen LogP) is 2.17. The Kier molecular flexibility index (Phi) is 12.7. The molecule has 9 heteroatoms. The molecule has 0 aliphatic heterocycles. The van der Waals surface area contributed by atoms with Crippen molar-refractivity contribution in [3.8, 4) is 0 Å². The van der Waals surface area contributed by atoms with Crippen LogP contribution in [0.1, 0.15) is 5.56 Å². The van der Waals surface area contributed by atoms with Gasteiger partial charge in [-0.05, 0) is 44.5 Å². The van der Waals surface area contributed by atoms with Crippen molar-refractivity contribution in [1.82, 2.24) is 4.90 Å². The van der Waals surface area contributed by atoms with E-state index in [0.29, 0.717) is 5.17 Å². The van der Waals surface area contributed by atoms with Gasteiger partial charge in [0.2, 0.25) is 0 Å². The van der Waals surface area contributed by atoms with E-state index in [1.54, 1.807) is 0 Å². The van der Waals surface area contributed by atoms with Gasteiger partial charge in [0.1, 0.15) is 0 Å². The number of nitrogens with zero attached hydrogens (tertiary/aromatic N) is 3. The summed E-state index contributed by atoms with van der Waals surface area (Å²) in [4.78, 5) is 14.8. The van der Waals surface area contributed by atoms with Gasteiger partial charge in [-0.15, -0.1) is 22.5 Å². The molecule has 0 spiro atoms. The minimum absolute atomic E-state index is 0. The number of hydrogen-bond donors (Lipinski definition) is 2. The van der Waals surface area contributed by atoms with E-state index in [1.165, 1.54) is 17.3 Å². The summed E-state index contributed by atoms with van der Waals surface area (Å²) < 4.78 is 0. The summed E-state index contributed by atoms with van der Waals surface area (Å²) in [5.41, 5.74) is 7.89. The Labute approximate surface area is 134 Å². The topological polar surface area (TPSA) is 105 Å². The first-order valence-corrected chi connectivity index (χ1v) is 7.02. The first-order valence-electron chi connectivity index (χ1n) is 5.80. The van der Waals surface area contributed by atoms with Gasteiger partial charge >= 0.3 is 0 Å². The number of hydrogen-bond acceptors (Lipinski definition) is 5. The highest BCUT2D eigenvalue weighted by atomic mass is 35.5. The lowest BCUT2D eigenvalue weighted by Gasteiger charge is -2.09. The smallest absolute Gasteiger partial charge is 0.291 e. The lowest BCUT2D eigenvalue weighted by molar-refractivity contribution is -0.742. The minimum atomic E-state index is -1.50. The van der Waals surface area contributed by atoms with Crippen molar-refractivity contribution in [3.05, 3.63) is 39.9 Å². The first kappa shape index (κ1) is 21.8. The second-order valence-corrected chi connectivity index (χ2v) is 4.94. The average Bonchev–Trinajstić information content (AvgIpc) is 2.37. The molecule has 0 atom stereocenters. The van der Waals surface area contributed by atoms with Crippen LogP contribution in [0.15, 0.2) is 29.3 Å². The standard InChI is InChI=1S/C12H19N3S.ClH.HNO3/c1-15(2)9-8-10-4-6-11(7-5-10)14-12(13)16-3;;2-1(3)4/h4-7H,8-9H2,1-3H3,(H2,13,14);1H;(H,2,3,4). The molecule has 1 aromatic rings. The van der Waals surface area contributed by atoms with E-state index in [-0.39, 0.29) is 12.4 Å². The summed E-state index contributed by atoms with van der Waals surface area (Å²) in [6.07, 6.45) is 2.99. The molecule has 0 fully saturated rings. The second kappa shape index (κ2) is 12.2. The zero-order chi connectivity index (χ0) is 15.5. The predicted molar refractivity (Wildman–Crippen MR) is 89.5 cm³/mol. The van der Waals surface area contributed by atoms with Crippen LogP contribution in [0.4, 0.5) is 5.69 Å². The van der Waals surface area contributed by atoms with Crippen molar-refractivity contribution < 1.29 is 10.3 Å². The van der Waals surface area contributed by atoms with Gasteiger partial charge in [0.05, 0.1) is 5.69 Å². The fraction of sp³-hybridized carbons (Fsp3) is 0.417. The molecule has 0 aliphatic rings. The van der Waals surface area contributed by atoms with Gasteiger partial charge in [-0.25, -0.2) is 4.99 Å². The van der Waals surface area contributed by atoms with Crippen LogP contribution >= 0.6 is 24.2 Å². The van der Waals surface area contributed by atoms with Crippen molar-refractivity contribution in [2.45, 2.75) is 6.42 Å². The maximum atomic E-state index is 8.36. The number of benzene rings is 1. The van der Waals surface area contributed by atoms with Crippen molar-refractivity contribution in [2.24, 2.45) is 10.7 Å². The van der Waals surface area contributed by atoms with Crippen LogP contribution in [0.25, 0.3) is 0 Å². The first-order chi connectivity index (χ1) is 9.35. The number of rotatable bonds is 4. The van der Waals surface area contributed by atoms with E-state index in [0.717, 1.165) is 18.7 Å². The fourth-order valence-electron chi connectivity index (χ4n) is 1.26. The lowest BCUT2D eigenvalue weighted by Crippen LogP contribution is -2.14. The Hall–Kier alpha value is -1.51. The monoisotopic (exact) mass is 336 g/mol. The number of likely N-dealkylation sites (N-methyl/N-ethyl adjacent to an activating group) is 1. The molecule has 120 valence electrons. The van der Waals surface area contributed by atoms with E-state index < -0.39 is 5.09 Å². The van der Waals surface area contributed by atoms with Crippen LogP contribution in [-0.2, 0) is 6.42 Å². The van der Waals surface area contributed by atoms with E-state index in [9.17, 15) is 0 Å². The SMILES string of the molecule is CSC(N)=Nc1ccc(CCN(C)C)cc1.Cl.O=[N+]([O-])O. The normalized spacial score (nSPS) is 10.4. The van der Waals surface area contributed by atoms with E-state index in [1.807, 2.05) is 18.4 Å². The molecule has 0 bridgehead atoms. The number of amidine groups is 1. The highest BCUT2D eigenvalue weighted by Crippen LogP contribution is 2.14. The van der Waals surface area contributed by atoms with Gasteiger partial charge in [0, 0.05) is 6.54 Å².